The predicted molar refractivity (Wildman–Crippen MR) is 94.2 cm³/mol. The number of hydrogen-bond acceptors (Lipinski definition) is 4. The van der Waals surface area contributed by atoms with E-state index in [0.717, 1.165) is 22.4 Å². The molecule has 0 amide bonds. The highest BCUT2D eigenvalue weighted by atomic mass is 32.1. The van der Waals surface area contributed by atoms with Crippen LogP contribution in [0.5, 0.6) is 5.75 Å². The molecule has 0 aliphatic heterocycles. The fourth-order valence-electron chi connectivity index (χ4n) is 1.97. The lowest BCUT2D eigenvalue weighted by atomic mass is 10.2. The first kappa shape index (κ1) is 16.1. The van der Waals surface area contributed by atoms with Gasteiger partial charge in [-0.25, -0.2) is 9.97 Å². The molecule has 22 heavy (non-hydrogen) atoms. The summed E-state index contributed by atoms with van der Waals surface area (Å²) >= 11 is 5.33. The van der Waals surface area contributed by atoms with E-state index in [-0.39, 0.29) is 0 Å². The van der Waals surface area contributed by atoms with Crippen molar-refractivity contribution in [3.63, 3.8) is 0 Å². The lowest BCUT2D eigenvalue weighted by Gasteiger charge is -2.21. The van der Waals surface area contributed by atoms with Crippen molar-refractivity contribution in [3.8, 4) is 5.75 Å². The number of aromatic nitrogens is 2. The normalized spacial score (nSPS) is 10.3. The smallest absolute Gasteiger partial charge is 0.265 e. The van der Waals surface area contributed by atoms with Crippen molar-refractivity contribution in [2.24, 2.45) is 0 Å². The molecule has 2 aromatic rings. The molecule has 0 N–H and O–H groups in total. The predicted octanol–water partition coefficient (Wildman–Crippen LogP) is 3.58. The molecule has 1 aromatic carbocycles. The average molecular weight is 313 g/mol. The van der Waals surface area contributed by atoms with Crippen molar-refractivity contribution in [1.29, 1.82) is 0 Å². The summed E-state index contributed by atoms with van der Waals surface area (Å²) in [6, 6.07) is 5.58. The van der Waals surface area contributed by atoms with E-state index in [1.165, 1.54) is 0 Å². The summed E-state index contributed by atoms with van der Waals surface area (Å²) in [6.45, 7) is 12.5. The van der Waals surface area contributed by atoms with Crippen LogP contribution in [-0.2, 0) is 0 Å². The average Bonchev–Trinajstić information content (AvgIpc) is 2.48. The monoisotopic (exact) mass is 313 g/mol. The number of rotatable bonds is 5. The van der Waals surface area contributed by atoms with Gasteiger partial charge in [-0.15, -0.1) is 13.2 Å². The zero-order chi connectivity index (χ0) is 16.1. The van der Waals surface area contributed by atoms with Crippen LogP contribution in [0.25, 0.3) is 11.0 Å². The van der Waals surface area contributed by atoms with Crippen molar-refractivity contribution in [2.75, 3.05) is 13.1 Å². The molecule has 0 aliphatic rings. The first-order chi connectivity index (χ1) is 10.5. The first-order valence-corrected chi connectivity index (χ1v) is 7.39. The second-order valence-corrected chi connectivity index (χ2v) is 5.24. The third-order valence-corrected chi connectivity index (χ3v) is 3.55. The maximum Gasteiger partial charge on any atom is 0.265 e. The molecule has 1 aromatic heterocycles. The minimum absolute atomic E-state index is 0.385. The summed E-state index contributed by atoms with van der Waals surface area (Å²) in [7, 11) is 0. The Morgan fingerprint density at radius 3 is 2.32 bits per heavy atom. The second-order valence-electron chi connectivity index (χ2n) is 4.90. The van der Waals surface area contributed by atoms with Gasteiger partial charge in [0, 0.05) is 19.2 Å². The molecular weight excluding hydrogens is 294 g/mol. The third kappa shape index (κ3) is 3.68. The van der Waals surface area contributed by atoms with Gasteiger partial charge in [0.15, 0.2) is 0 Å². The molecule has 4 nitrogen and oxygen atoms in total. The Balaban J connectivity index is 2.23. The zero-order valence-corrected chi connectivity index (χ0v) is 13.7. The van der Waals surface area contributed by atoms with E-state index >= 15 is 0 Å². The van der Waals surface area contributed by atoms with E-state index in [1.54, 1.807) is 12.2 Å². The van der Waals surface area contributed by atoms with Gasteiger partial charge in [-0.2, -0.15) is 0 Å². The van der Waals surface area contributed by atoms with Crippen LogP contribution in [0, 0.1) is 13.8 Å². The molecule has 0 spiro atoms. The van der Waals surface area contributed by atoms with Crippen LogP contribution in [0.15, 0.2) is 43.5 Å². The second kappa shape index (κ2) is 7.13. The maximum absolute atomic E-state index is 5.75. The van der Waals surface area contributed by atoms with Crippen LogP contribution >= 0.6 is 12.2 Å². The molecule has 2 rings (SSSR count). The van der Waals surface area contributed by atoms with E-state index in [2.05, 4.69) is 23.1 Å². The maximum atomic E-state index is 5.75. The topological polar surface area (TPSA) is 38.2 Å². The number of hydrogen-bond donors (Lipinski definition) is 0. The summed E-state index contributed by atoms with van der Waals surface area (Å²) in [4.78, 5) is 10.9. The summed E-state index contributed by atoms with van der Waals surface area (Å²) in [5.74, 6) is 0.646. The van der Waals surface area contributed by atoms with Gasteiger partial charge in [-0.05, 0) is 38.2 Å². The highest BCUT2D eigenvalue weighted by Crippen LogP contribution is 2.20. The summed E-state index contributed by atoms with van der Waals surface area (Å²) in [5.41, 5.74) is 3.48. The van der Waals surface area contributed by atoms with Crippen LogP contribution in [-0.4, -0.2) is 33.1 Å². The number of thiocarbonyl (C=S) groups is 1. The van der Waals surface area contributed by atoms with E-state index in [1.807, 2.05) is 36.9 Å². The summed E-state index contributed by atoms with van der Waals surface area (Å²) in [6.07, 6.45) is 3.55. The molecular formula is C17H19N3OS. The third-order valence-electron chi connectivity index (χ3n) is 3.21. The van der Waals surface area contributed by atoms with E-state index in [0.29, 0.717) is 24.0 Å². The van der Waals surface area contributed by atoms with Gasteiger partial charge in [0.2, 0.25) is 0 Å². The first-order valence-electron chi connectivity index (χ1n) is 6.98. The van der Waals surface area contributed by atoms with E-state index < -0.39 is 0 Å². The van der Waals surface area contributed by atoms with Gasteiger partial charge in [-0.1, -0.05) is 12.2 Å². The molecule has 0 fully saturated rings. The van der Waals surface area contributed by atoms with Gasteiger partial charge in [0.1, 0.15) is 5.75 Å². The Bertz CT molecular complexity index is 717. The van der Waals surface area contributed by atoms with Crippen LogP contribution in [0.1, 0.15) is 11.4 Å². The SMILES string of the molecule is C=CCN(CC=C)C(=S)Oc1ccc2nc(C)c(C)nc2c1. The molecule has 5 heteroatoms. The van der Waals surface area contributed by atoms with Crippen LogP contribution < -0.4 is 4.74 Å². The molecule has 0 atom stereocenters. The number of fused-ring (bicyclic) bond motifs is 1. The van der Waals surface area contributed by atoms with Crippen molar-refractivity contribution in [2.45, 2.75) is 13.8 Å². The highest BCUT2D eigenvalue weighted by Gasteiger charge is 2.10. The summed E-state index contributed by atoms with van der Waals surface area (Å²) in [5, 5.41) is 0.385. The molecule has 0 unspecified atom stereocenters. The lowest BCUT2D eigenvalue weighted by Crippen LogP contribution is -2.33. The molecule has 0 aliphatic carbocycles. The van der Waals surface area contributed by atoms with E-state index in [4.69, 9.17) is 17.0 Å². The van der Waals surface area contributed by atoms with Gasteiger partial charge >= 0.3 is 0 Å². The molecule has 0 radical (unpaired) electrons. The number of benzene rings is 1. The molecule has 0 bridgehead atoms. The van der Waals surface area contributed by atoms with Gasteiger partial charge in [0.05, 0.1) is 22.4 Å². The van der Waals surface area contributed by atoms with Gasteiger partial charge in [-0.3, -0.25) is 0 Å². The molecule has 0 saturated heterocycles. The highest BCUT2D eigenvalue weighted by molar-refractivity contribution is 7.80. The molecule has 0 saturated carbocycles. The van der Waals surface area contributed by atoms with Crippen molar-refractivity contribution in [3.05, 3.63) is 54.9 Å². The van der Waals surface area contributed by atoms with Crippen LogP contribution in [0.3, 0.4) is 0 Å². The quantitative estimate of drug-likeness (QED) is 0.623. The Morgan fingerprint density at radius 2 is 1.73 bits per heavy atom. The van der Waals surface area contributed by atoms with Gasteiger partial charge in [0.25, 0.3) is 5.17 Å². The fourth-order valence-corrected chi connectivity index (χ4v) is 2.22. The minimum Gasteiger partial charge on any atom is -0.432 e. The largest absolute Gasteiger partial charge is 0.432 e. The number of ether oxygens (including phenoxy) is 1. The Hall–Kier alpha value is -2.27. The van der Waals surface area contributed by atoms with E-state index in [9.17, 15) is 0 Å². The Labute approximate surface area is 136 Å². The molecule has 114 valence electrons. The van der Waals surface area contributed by atoms with Crippen molar-refractivity contribution in [1.82, 2.24) is 14.9 Å². The van der Waals surface area contributed by atoms with Crippen LogP contribution in [0.4, 0.5) is 0 Å². The van der Waals surface area contributed by atoms with Crippen molar-refractivity contribution < 1.29 is 4.74 Å². The van der Waals surface area contributed by atoms with Crippen molar-refractivity contribution >= 4 is 28.4 Å². The zero-order valence-electron chi connectivity index (χ0n) is 12.9. The standard InChI is InChI=1S/C17H19N3OS/c1-5-9-20(10-6-2)17(22)21-14-7-8-15-16(11-14)19-13(4)12(3)18-15/h5-8,11H,1-2,9-10H2,3-4H3. The van der Waals surface area contributed by atoms with Crippen LogP contribution in [0.2, 0.25) is 0 Å². The minimum atomic E-state index is 0.385. The number of nitrogens with zero attached hydrogens (tertiary/aromatic N) is 3. The Kier molecular flexibility index (Phi) is 5.22. The summed E-state index contributed by atoms with van der Waals surface area (Å²) < 4.78 is 5.75. The molecule has 1 heterocycles. The van der Waals surface area contributed by atoms with Gasteiger partial charge < -0.3 is 9.64 Å². The fraction of sp³-hybridized carbons (Fsp3) is 0.235. The Morgan fingerprint density at radius 1 is 1.14 bits per heavy atom. The number of aryl methyl sites for hydroxylation is 2. The lowest BCUT2D eigenvalue weighted by molar-refractivity contribution is 0.404.